The highest BCUT2D eigenvalue weighted by atomic mass is 16.5. The number of nitrogen functional groups attached to an aromatic ring is 1. The van der Waals surface area contributed by atoms with Crippen molar-refractivity contribution in [3.05, 3.63) is 47.8 Å². The van der Waals surface area contributed by atoms with Crippen molar-refractivity contribution in [3.63, 3.8) is 0 Å². The fraction of sp³-hybridized carbons (Fsp3) is 0.267. The second kappa shape index (κ2) is 8.58. The van der Waals surface area contributed by atoms with Crippen molar-refractivity contribution in [2.45, 2.75) is 19.4 Å². The second-order valence-electron chi connectivity index (χ2n) is 4.42. The summed E-state index contributed by atoms with van der Waals surface area (Å²) in [4.78, 5) is 17.5. The van der Waals surface area contributed by atoms with Crippen molar-refractivity contribution in [2.24, 2.45) is 0 Å². The number of carbonyl (C=O) groups is 1. The molecule has 7 heteroatoms. The molecule has 0 amide bonds. The van der Waals surface area contributed by atoms with Gasteiger partial charge < -0.3 is 20.7 Å². The monoisotopic (exact) mass is 305 g/mol. The van der Waals surface area contributed by atoms with Crippen LogP contribution in [0, 0.1) is 0 Å². The molecule has 1 heterocycles. The van der Waals surface area contributed by atoms with Crippen LogP contribution in [-0.2, 0) is 11.2 Å². The number of aliphatic hydroxyl groups excluding tert-OH is 1. The smallest absolute Gasteiger partial charge is 0.332 e. The van der Waals surface area contributed by atoms with E-state index in [0.29, 0.717) is 12.2 Å². The van der Waals surface area contributed by atoms with Gasteiger partial charge in [-0.2, -0.15) is 0 Å². The van der Waals surface area contributed by atoms with Crippen molar-refractivity contribution < 1.29 is 19.7 Å². The highest BCUT2D eigenvalue weighted by molar-refractivity contribution is 5.71. The van der Waals surface area contributed by atoms with Gasteiger partial charge in [-0.15, -0.1) is 0 Å². The number of carboxylic acid groups (broad SMARTS) is 1. The SMILES string of the molecule is CC(O)C(=O)O.COc1cnc(N)nc1Cc1ccccc1. The van der Waals surface area contributed by atoms with E-state index >= 15 is 0 Å². The van der Waals surface area contributed by atoms with E-state index in [2.05, 4.69) is 9.97 Å². The lowest BCUT2D eigenvalue weighted by Gasteiger charge is -2.07. The Morgan fingerprint density at radius 1 is 1.36 bits per heavy atom. The van der Waals surface area contributed by atoms with Gasteiger partial charge in [0.05, 0.1) is 19.0 Å². The van der Waals surface area contributed by atoms with Gasteiger partial charge in [0.2, 0.25) is 5.95 Å². The fourth-order valence-corrected chi connectivity index (χ4v) is 1.51. The van der Waals surface area contributed by atoms with Crippen LogP contribution in [0.4, 0.5) is 5.95 Å². The maximum absolute atomic E-state index is 9.45. The zero-order valence-electron chi connectivity index (χ0n) is 12.4. The Morgan fingerprint density at radius 2 is 1.95 bits per heavy atom. The molecular weight excluding hydrogens is 286 g/mol. The first kappa shape index (κ1) is 17.4. The summed E-state index contributed by atoms with van der Waals surface area (Å²) in [5.41, 5.74) is 7.53. The van der Waals surface area contributed by atoms with E-state index in [0.717, 1.165) is 5.69 Å². The van der Waals surface area contributed by atoms with Crippen LogP contribution in [0.1, 0.15) is 18.2 Å². The maximum atomic E-state index is 9.45. The van der Waals surface area contributed by atoms with Gasteiger partial charge in [0.15, 0.2) is 5.75 Å². The third kappa shape index (κ3) is 5.76. The Morgan fingerprint density at radius 3 is 2.45 bits per heavy atom. The van der Waals surface area contributed by atoms with E-state index < -0.39 is 12.1 Å². The molecule has 1 aromatic carbocycles. The number of rotatable bonds is 4. The first-order valence-electron chi connectivity index (χ1n) is 6.54. The van der Waals surface area contributed by atoms with Crippen LogP contribution >= 0.6 is 0 Å². The predicted molar refractivity (Wildman–Crippen MR) is 81.6 cm³/mol. The molecule has 0 radical (unpaired) electrons. The van der Waals surface area contributed by atoms with E-state index in [1.165, 1.54) is 12.5 Å². The molecule has 0 saturated heterocycles. The molecule has 0 aliphatic carbocycles. The van der Waals surface area contributed by atoms with Gasteiger partial charge in [0, 0.05) is 6.42 Å². The van der Waals surface area contributed by atoms with Gasteiger partial charge in [0.25, 0.3) is 0 Å². The largest absolute Gasteiger partial charge is 0.493 e. The van der Waals surface area contributed by atoms with E-state index in [4.69, 9.17) is 20.7 Å². The highest BCUT2D eigenvalue weighted by Gasteiger charge is 2.06. The van der Waals surface area contributed by atoms with E-state index in [9.17, 15) is 4.79 Å². The third-order valence-electron chi connectivity index (χ3n) is 2.64. The van der Waals surface area contributed by atoms with Crippen molar-refractivity contribution in [3.8, 4) is 5.75 Å². The van der Waals surface area contributed by atoms with Crippen molar-refractivity contribution in [2.75, 3.05) is 12.8 Å². The normalized spacial score (nSPS) is 11.0. The Labute approximate surface area is 128 Å². The number of ether oxygens (including phenoxy) is 1. The minimum Gasteiger partial charge on any atom is -0.493 e. The molecule has 0 aliphatic heterocycles. The molecule has 2 aromatic rings. The Balaban J connectivity index is 0.000000346. The van der Waals surface area contributed by atoms with Gasteiger partial charge in [-0.05, 0) is 12.5 Å². The zero-order chi connectivity index (χ0) is 16.5. The molecule has 1 aromatic heterocycles. The Bertz CT molecular complexity index is 603. The summed E-state index contributed by atoms with van der Waals surface area (Å²) in [7, 11) is 1.60. The summed E-state index contributed by atoms with van der Waals surface area (Å²) in [6.45, 7) is 1.20. The van der Waals surface area contributed by atoms with Crippen LogP contribution in [0.2, 0.25) is 0 Å². The molecule has 0 bridgehead atoms. The Hall–Kier alpha value is -2.67. The average molecular weight is 305 g/mol. The van der Waals surface area contributed by atoms with Crippen molar-refractivity contribution in [1.29, 1.82) is 0 Å². The molecule has 1 atom stereocenters. The van der Waals surface area contributed by atoms with Gasteiger partial charge in [-0.3, -0.25) is 0 Å². The van der Waals surface area contributed by atoms with Crippen LogP contribution in [0.3, 0.4) is 0 Å². The molecule has 22 heavy (non-hydrogen) atoms. The molecule has 0 aliphatic rings. The van der Waals surface area contributed by atoms with Gasteiger partial charge in [-0.25, -0.2) is 14.8 Å². The lowest BCUT2D eigenvalue weighted by Crippen LogP contribution is -2.13. The summed E-state index contributed by atoms with van der Waals surface area (Å²) < 4.78 is 5.19. The second-order valence-corrected chi connectivity index (χ2v) is 4.42. The van der Waals surface area contributed by atoms with E-state index in [1.807, 2.05) is 30.3 Å². The number of hydrogen-bond acceptors (Lipinski definition) is 6. The quantitative estimate of drug-likeness (QED) is 0.774. The van der Waals surface area contributed by atoms with E-state index in [1.54, 1.807) is 13.3 Å². The van der Waals surface area contributed by atoms with Gasteiger partial charge in [-0.1, -0.05) is 30.3 Å². The number of hydrogen-bond donors (Lipinski definition) is 3. The summed E-state index contributed by atoms with van der Waals surface area (Å²) in [5, 5.41) is 15.8. The zero-order valence-corrected chi connectivity index (χ0v) is 12.4. The minimum absolute atomic E-state index is 0.270. The Kier molecular flexibility index (Phi) is 6.78. The predicted octanol–water partition coefficient (Wildman–Crippen LogP) is 1.11. The number of aromatic nitrogens is 2. The van der Waals surface area contributed by atoms with Crippen LogP contribution in [0.15, 0.2) is 36.5 Å². The topological polar surface area (TPSA) is 119 Å². The van der Waals surface area contributed by atoms with Gasteiger partial charge in [0.1, 0.15) is 6.10 Å². The molecular formula is C15H19N3O4. The molecule has 0 saturated carbocycles. The molecule has 4 N–H and O–H groups in total. The standard InChI is InChI=1S/C12H13N3O.C3H6O3/c1-16-11-8-14-12(13)15-10(11)7-9-5-3-2-4-6-9;1-2(4)3(5)6/h2-6,8H,7H2,1H3,(H2,13,14,15);2,4H,1H3,(H,5,6). The number of aliphatic hydroxyl groups is 1. The first-order chi connectivity index (χ1) is 10.4. The minimum atomic E-state index is -1.23. The summed E-state index contributed by atoms with van der Waals surface area (Å²) in [6.07, 6.45) is 1.06. The lowest BCUT2D eigenvalue weighted by molar-refractivity contribution is -0.145. The molecule has 7 nitrogen and oxygen atoms in total. The third-order valence-corrected chi connectivity index (χ3v) is 2.64. The summed E-state index contributed by atoms with van der Waals surface area (Å²) >= 11 is 0. The molecule has 0 spiro atoms. The summed E-state index contributed by atoms with van der Waals surface area (Å²) in [5.74, 6) is -0.250. The number of benzene rings is 1. The van der Waals surface area contributed by atoms with Crippen molar-refractivity contribution in [1.82, 2.24) is 9.97 Å². The van der Waals surface area contributed by atoms with E-state index in [-0.39, 0.29) is 5.95 Å². The van der Waals surface area contributed by atoms with Crippen LogP contribution < -0.4 is 10.5 Å². The number of carboxylic acids is 1. The molecule has 118 valence electrons. The average Bonchev–Trinajstić information content (AvgIpc) is 2.49. The first-order valence-corrected chi connectivity index (χ1v) is 6.54. The van der Waals surface area contributed by atoms with Crippen molar-refractivity contribution >= 4 is 11.9 Å². The number of aliphatic carboxylic acids is 1. The molecule has 1 unspecified atom stereocenters. The highest BCUT2D eigenvalue weighted by Crippen LogP contribution is 2.18. The van der Waals surface area contributed by atoms with Crippen LogP contribution in [-0.4, -0.2) is 39.4 Å². The maximum Gasteiger partial charge on any atom is 0.332 e. The van der Waals surface area contributed by atoms with Gasteiger partial charge >= 0.3 is 5.97 Å². The summed E-state index contributed by atoms with van der Waals surface area (Å²) in [6, 6.07) is 10.0. The number of nitrogens with zero attached hydrogens (tertiary/aromatic N) is 2. The molecule has 0 fully saturated rings. The lowest BCUT2D eigenvalue weighted by atomic mass is 10.1. The number of anilines is 1. The number of nitrogens with two attached hydrogens (primary N) is 1. The van der Waals surface area contributed by atoms with Crippen LogP contribution in [0.5, 0.6) is 5.75 Å². The van der Waals surface area contributed by atoms with Crippen LogP contribution in [0.25, 0.3) is 0 Å². The number of methoxy groups -OCH3 is 1. The fourth-order valence-electron chi connectivity index (χ4n) is 1.51. The molecule has 2 rings (SSSR count).